The van der Waals surface area contributed by atoms with Crippen LogP contribution in [0.15, 0.2) is 6.33 Å². The first-order chi connectivity index (χ1) is 13.6. The van der Waals surface area contributed by atoms with Gasteiger partial charge in [0.1, 0.15) is 12.1 Å². The topological polar surface area (TPSA) is 76.3 Å². The SMILES string of the molecule is CCCCn1nc(CC(C)C)c2c(N3CCO[C@H]4C[C@H](CO)C[C@@H]43)ncnc21. The predicted octanol–water partition coefficient (Wildman–Crippen LogP) is 2.80. The van der Waals surface area contributed by atoms with Crippen LogP contribution >= 0.6 is 0 Å². The number of aryl methyl sites for hydroxylation is 1. The van der Waals surface area contributed by atoms with Crippen LogP contribution in [0.2, 0.25) is 0 Å². The lowest BCUT2D eigenvalue weighted by Gasteiger charge is -2.38. The summed E-state index contributed by atoms with van der Waals surface area (Å²) in [5, 5.41) is 15.7. The maximum atomic E-state index is 9.66. The van der Waals surface area contributed by atoms with Crippen molar-refractivity contribution in [1.82, 2.24) is 19.7 Å². The molecule has 3 atom stereocenters. The first kappa shape index (κ1) is 19.6. The molecule has 3 heterocycles. The molecule has 154 valence electrons. The van der Waals surface area contributed by atoms with Crippen molar-refractivity contribution >= 4 is 16.9 Å². The second kappa shape index (κ2) is 8.33. The zero-order chi connectivity index (χ0) is 19.7. The third-order valence-corrected chi connectivity index (χ3v) is 6.07. The summed E-state index contributed by atoms with van der Waals surface area (Å²) < 4.78 is 8.11. The molecule has 0 spiro atoms. The maximum Gasteiger partial charge on any atom is 0.163 e. The van der Waals surface area contributed by atoms with Crippen molar-refractivity contribution in [1.29, 1.82) is 0 Å². The van der Waals surface area contributed by atoms with Gasteiger partial charge in [-0.05, 0) is 37.5 Å². The van der Waals surface area contributed by atoms with E-state index < -0.39 is 0 Å². The summed E-state index contributed by atoms with van der Waals surface area (Å²) in [5.41, 5.74) is 2.06. The van der Waals surface area contributed by atoms with Crippen LogP contribution in [0.4, 0.5) is 5.82 Å². The molecule has 0 bridgehead atoms. The minimum Gasteiger partial charge on any atom is -0.396 e. The summed E-state index contributed by atoms with van der Waals surface area (Å²) >= 11 is 0. The minimum absolute atomic E-state index is 0.180. The Hall–Kier alpha value is -1.73. The fraction of sp³-hybridized carbons (Fsp3) is 0.762. The van der Waals surface area contributed by atoms with Crippen molar-refractivity contribution < 1.29 is 9.84 Å². The molecule has 0 amide bonds. The molecule has 2 aromatic heterocycles. The number of ether oxygens (including phenoxy) is 1. The van der Waals surface area contributed by atoms with E-state index in [-0.39, 0.29) is 18.8 Å². The molecule has 7 nitrogen and oxygen atoms in total. The number of unbranched alkanes of at least 4 members (excludes halogenated alkanes) is 1. The van der Waals surface area contributed by atoms with E-state index in [9.17, 15) is 5.11 Å². The normalized spacial score (nSPS) is 25.0. The molecule has 7 heteroatoms. The smallest absolute Gasteiger partial charge is 0.163 e. The van der Waals surface area contributed by atoms with E-state index in [1.807, 2.05) is 0 Å². The summed E-state index contributed by atoms with van der Waals surface area (Å²) in [4.78, 5) is 11.8. The molecule has 4 rings (SSSR count). The number of rotatable bonds is 7. The van der Waals surface area contributed by atoms with Crippen LogP contribution in [0, 0.1) is 11.8 Å². The molecule has 2 aliphatic rings. The number of anilines is 1. The molecule has 1 saturated heterocycles. The van der Waals surface area contributed by atoms with Gasteiger partial charge in [-0.1, -0.05) is 27.2 Å². The van der Waals surface area contributed by atoms with Crippen LogP contribution in [-0.4, -0.2) is 56.8 Å². The molecule has 1 aliphatic heterocycles. The van der Waals surface area contributed by atoms with Gasteiger partial charge in [0.25, 0.3) is 0 Å². The highest BCUT2D eigenvalue weighted by atomic mass is 16.5. The fourth-order valence-electron chi connectivity index (χ4n) is 4.74. The van der Waals surface area contributed by atoms with E-state index in [0.29, 0.717) is 18.4 Å². The number of aliphatic hydroxyl groups excluding tert-OH is 1. The third-order valence-electron chi connectivity index (χ3n) is 6.07. The van der Waals surface area contributed by atoms with Gasteiger partial charge in [-0.15, -0.1) is 0 Å². The van der Waals surface area contributed by atoms with Gasteiger partial charge in [0, 0.05) is 19.7 Å². The summed E-state index contributed by atoms with van der Waals surface area (Å²) in [6, 6.07) is 0.273. The van der Waals surface area contributed by atoms with Gasteiger partial charge < -0.3 is 14.7 Å². The Kier molecular flexibility index (Phi) is 5.83. The third kappa shape index (κ3) is 3.62. The lowest BCUT2D eigenvalue weighted by molar-refractivity contribution is 0.0229. The van der Waals surface area contributed by atoms with Crippen molar-refractivity contribution in [3.63, 3.8) is 0 Å². The highest BCUT2D eigenvalue weighted by Gasteiger charge is 2.42. The first-order valence-corrected chi connectivity index (χ1v) is 10.8. The average Bonchev–Trinajstić information content (AvgIpc) is 3.27. The van der Waals surface area contributed by atoms with Crippen molar-refractivity contribution in [2.45, 2.75) is 71.6 Å². The van der Waals surface area contributed by atoms with Crippen LogP contribution < -0.4 is 4.90 Å². The average molecular weight is 388 g/mol. The van der Waals surface area contributed by atoms with E-state index >= 15 is 0 Å². The van der Waals surface area contributed by atoms with Crippen molar-refractivity contribution in [2.75, 3.05) is 24.7 Å². The van der Waals surface area contributed by atoms with Gasteiger partial charge in [-0.25, -0.2) is 14.6 Å². The number of aliphatic hydroxyl groups is 1. The van der Waals surface area contributed by atoms with E-state index in [1.165, 1.54) is 0 Å². The minimum atomic E-state index is 0.180. The van der Waals surface area contributed by atoms with Gasteiger partial charge in [0.15, 0.2) is 5.65 Å². The molecule has 2 aromatic rings. The molecular weight excluding hydrogens is 354 g/mol. The number of fused-ring (bicyclic) bond motifs is 2. The summed E-state index contributed by atoms with van der Waals surface area (Å²) in [5.74, 6) is 1.84. The van der Waals surface area contributed by atoms with Gasteiger partial charge in [-0.3, -0.25) is 0 Å². The van der Waals surface area contributed by atoms with Gasteiger partial charge in [-0.2, -0.15) is 5.10 Å². The molecule has 1 saturated carbocycles. The monoisotopic (exact) mass is 387 g/mol. The van der Waals surface area contributed by atoms with Gasteiger partial charge in [0.05, 0.1) is 29.8 Å². The van der Waals surface area contributed by atoms with Crippen molar-refractivity contribution in [3.8, 4) is 0 Å². The second-order valence-corrected chi connectivity index (χ2v) is 8.71. The molecule has 0 aromatic carbocycles. The van der Waals surface area contributed by atoms with E-state index in [0.717, 1.165) is 67.7 Å². The van der Waals surface area contributed by atoms with Crippen LogP contribution in [0.3, 0.4) is 0 Å². The van der Waals surface area contributed by atoms with Crippen LogP contribution in [-0.2, 0) is 17.7 Å². The quantitative estimate of drug-likeness (QED) is 0.787. The zero-order valence-electron chi connectivity index (χ0n) is 17.3. The lowest BCUT2D eigenvalue weighted by Crippen LogP contribution is -2.49. The highest BCUT2D eigenvalue weighted by Crippen LogP contribution is 2.38. The number of nitrogens with zero attached hydrogens (tertiary/aromatic N) is 5. The summed E-state index contributed by atoms with van der Waals surface area (Å²) in [6.45, 7) is 9.32. The molecule has 28 heavy (non-hydrogen) atoms. The number of hydrogen-bond donors (Lipinski definition) is 1. The standard InChI is InChI=1S/C21H33N5O2/c1-4-5-6-26-21-19(16(24-26)9-14(2)3)20(22-13-23-21)25-7-8-28-18-11-15(12-27)10-17(18)25/h13-15,17-18,27H,4-12H2,1-3H3/t15-,17+,18+/m1/s1. The van der Waals surface area contributed by atoms with Crippen LogP contribution in [0.25, 0.3) is 11.0 Å². The predicted molar refractivity (Wildman–Crippen MR) is 109 cm³/mol. The van der Waals surface area contributed by atoms with Crippen molar-refractivity contribution in [3.05, 3.63) is 12.0 Å². The Morgan fingerprint density at radius 3 is 2.89 bits per heavy atom. The number of hydrogen-bond acceptors (Lipinski definition) is 6. The van der Waals surface area contributed by atoms with E-state index in [1.54, 1.807) is 6.33 Å². The van der Waals surface area contributed by atoms with E-state index in [4.69, 9.17) is 14.8 Å². The van der Waals surface area contributed by atoms with Gasteiger partial charge in [0.2, 0.25) is 0 Å². The molecule has 0 unspecified atom stereocenters. The first-order valence-electron chi connectivity index (χ1n) is 10.8. The Morgan fingerprint density at radius 2 is 2.14 bits per heavy atom. The number of aromatic nitrogens is 4. The highest BCUT2D eigenvalue weighted by molar-refractivity contribution is 5.90. The Bertz CT molecular complexity index is 805. The lowest BCUT2D eigenvalue weighted by atomic mass is 10.0. The molecular formula is C21H33N5O2. The Morgan fingerprint density at radius 1 is 1.29 bits per heavy atom. The Balaban J connectivity index is 1.76. The molecule has 2 fully saturated rings. The summed E-state index contributed by atoms with van der Waals surface area (Å²) in [7, 11) is 0. The van der Waals surface area contributed by atoms with Crippen molar-refractivity contribution in [2.24, 2.45) is 11.8 Å². The molecule has 1 N–H and O–H groups in total. The largest absolute Gasteiger partial charge is 0.396 e. The van der Waals surface area contributed by atoms with Crippen LogP contribution in [0.5, 0.6) is 0 Å². The molecule has 1 aliphatic carbocycles. The maximum absolute atomic E-state index is 9.66. The molecule has 0 radical (unpaired) electrons. The number of morpholine rings is 1. The fourth-order valence-corrected chi connectivity index (χ4v) is 4.74. The summed E-state index contributed by atoms with van der Waals surface area (Å²) in [6.07, 6.45) is 6.90. The van der Waals surface area contributed by atoms with Crippen LogP contribution in [0.1, 0.15) is 52.1 Å². The van der Waals surface area contributed by atoms with Gasteiger partial charge >= 0.3 is 0 Å². The zero-order valence-corrected chi connectivity index (χ0v) is 17.3. The van der Waals surface area contributed by atoms with E-state index in [2.05, 4.69) is 35.3 Å². The second-order valence-electron chi connectivity index (χ2n) is 8.71. The Labute approximate surface area is 167 Å².